The summed E-state index contributed by atoms with van der Waals surface area (Å²) in [4.78, 5) is 11.1. The number of carbonyl (C=O) groups excluding carboxylic acids is 1. The molecule has 0 saturated heterocycles. The molecule has 0 saturated carbocycles. The Morgan fingerprint density at radius 3 is 2.62 bits per heavy atom. The van der Waals surface area contributed by atoms with Gasteiger partial charge in [0.1, 0.15) is 0 Å². The molecule has 0 aromatic carbocycles. The van der Waals surface area contributed by atoms with Crippen molar-refractivity contribution >= 4 is 5.91 Å². The lowest BCUT2D eigenvalue weighted by Crippen LogP contribution is -2.28. The number of nitrogens with two attached hydrogens (primary N) is 1. The van der Waals surface area contributed by atoms with Crippen molar-refractivity contribution in [1.29, 1.82) is 0 Å². The third kappa shape index (κ3) is 3.03. The van der Waals surface area contributed by atoms with Crippen LogP contribution in [0.25, 0.3) is 0 Å². The molecule has 1 amide bonds. The van der Waals surface area contributed by atoms with Crippen LogP contribution < -0.4 is 5.73 Å². The Kier molecular flexibility index (Phi) is 3.64. The van der Waals surface area contributed by atoms with E-state index in [9.17, 15) is 9.90 Å². The maximum absolute atomic E-state index is 11.1. The Labute approximate surface area is 94.4 Å². The summed E-state index contributed by atoms with van der Waals surface area (Å²) in [6.07, 6.45) is 1.53. The predicted octanol–water partition coefficient (Wildman–Crippen LogP) is 0.100. The number of aliphatic hydroxyl groups is 1. The van der Waals surface area contributed by atoms with Gasteiger partial charge in [-0.1, -0.05) is 18.6 Å². The van der Waals surface area contributed by atoms with Crippen LogP contribution >= 0.6 is 0 Å². The molecule has 6 heteroatoms. The topological polar surface area (TPSA) is 94.0 Å². The van der Waals surface area contributed by atoms with Crippen molar-refractivity contribution < 1.29 is 9.90 Å². The average Bonchev–Trinajstić information content (AvgIpc) is 2.47. The quantitative estimate of drug-likeness (QED) is 0.744. The number of primary amides is 1. The highest BCUT2D eigenvalue weighted by Crippen LogP contribution is 2.12. The SMILES string of the molecule is CCCc1c(C(N)=O)nnn1CC(C)(C)O. The Morgan fingerprint density at radius 1 is 1.56 bits per heavy atom. The highest BCUT2D eigenvalue weighted by atomic mass is 16.3. The summed E-state index contributed by atoms with van der Waals surface area (Å²) < 4.78 is 1.55. The maximum Gasteiger partial charge on any atom is 0.271 e. The summed E-state index contributed by atoms with van der Waals surface area (Å²) in [5.41, 5.74) is 5.20. The van der Waals surface area contributed by atoms with Crippen LogP contribution in [0.1, 0.15) is 43.4 Å². The molecule has 16 heavy (non-hydrogen) atoms. The number of aromatic nitrogens is 3. The van der Waals surface area contributed by atoms with Crippen molar-refractivity contribution in [3.63, 3.8) is 0 Å². The molecule has 0 atom stereocenters. The third-order valence-corrected chi connectivity index (χ3v) is 2.09. The molecule has 0 aliphatic heterocycles. The van der Waals surface area contributed by atoms with E-state index >= 15 is 0 Å². The van der Waals surface area contributed by atoms with Crippen LogP contribution in [0, 0.1) is 0 Å². The monoisotopic (exact) mass is 226 g/mol. The smallest absolute Gasteiger partial charge is 0.271 e. The number of hydrogen-bond acceptors (Lipinski definition) is 4. The van der Waals surface area contributed by atoms with Crippen LogP contribution in [-0.2, 0) is 13.0 Å². The second-order valence-electron chi connectivity index (χ2n) is 4.47. The molecule has 0 unspecified atom stereocenters. The second-order valence-corrected chi connectivity index (χ2v) is 4.47. The maximum atomic E-state index is 11.1. The molecule has 0 aliphatic carbocycles. The van der Waals surface area contributed by atoms with E-state index in [1.807, 2.05) is 6.92 Å². The summed E-state index contributed by atoms with van der Waals surface area (Å²) in [6.45, 7) is 5.64. The van der Waals surface area contributed by atoms with Crippen LogP contribution in [0.15, 0.2) is 0 Å². The van der Waals surface area contributed by atoms with Gasteiger partial charge in [-0.15, -0.1) is 5.10 Å². The minimum absolute atomic E-state index is 0.200. The van der Waals surface area contributed by atoms with Gasteiger partial charge >= 0.3 is 0 Å². The number of hydrogen-bond donors (Lipinski definition) is 2. The van der Waals surface area contributed by atoms with E-state index < -0.39 is 11.5 Å². The minimum atomic E-state index is -0.898. The van der Waals surface area contributed by atoms with Crippen LogP contribution in [0.3, 0.4) is 0 Å². The number of amides is 1. The van der Waals surface area contributed by atoms with Gasteiger partial charge in [0.15, 0.2) is 5.69 Å². The summed E-state index contributed by atoms with van der Waals surface area (Å²) in [7, 11) is 0. The van der Waals surface area contributed by atoms with Gasteiger partial charge in [0.2, 0.25) is 0 Å². The van der Waals surface area contributed by atoms with Crippen molar-refractivity contribution in [3.05, 3.63) is 11.4 Å². The largest absolute Gasteiger partial charge is 0.389 e. The van der Waals surface area contributed by atoms with E-state index in [0.29, 0.717) is 18.7 Å². The molecule has 0 aliphatic rings. The molecule has 1 rings (SSSR count). The summed E-state index contributed by atoms with van der Waals surface area (Å²) in [6, 6.07) is 0. The number of carbonyl (C=O) groups is 1. The van der Waals surface area contributed by atoms with E-state index in [2.05, 4.69) is 10.3 Å². The normalized spacial score (nSPS) is 11.8. The van der Waals surface area contributed by atoms with Crippen LogP contribution in [0.4, 0.5) is 0 Å². The first-order valence-corrected chi connectivity index (χ1v) is 5.29. The fourth-order valence-electron chi connectivity index (χ4n) is 1.50. The zero-order chi connectivity index (χ0) is 12.3. The molecule has 90 valence electrons. The molecule has 0 spiro atoms. The molecule has 0 bridgehead atoms. The van der Waals surface area contributed by atoms with Gasteiger partial charge < -0.3 is 10.8 Å². The fourth-order valence-corrected chi connectivity index (χ4v) is 1.50. The second kappa shape index (κ2) is 4.61. The molecular formula is C10H18N4O2. The van der Waals surface area contributed by atoms with Gasteiger partial charge in [0.05, 0.1) is 17.8 Å². The van der Waals surface area contributed by atoms with E-state index in [0.717, 1.165) is 6.42 Å². The zero-order valence-corrected chi connectivity index (χ0v) is 9.90. The summed E-state index contributed by atoms with van der Waals surface area (Å²) >= 11 is 0. The van der Waals surface area contributed by atoms with Gasteiger partial charge in [-0.2, -0.15) is 0 Å². The lowest BCUT2D eigenvalue weighted by atomic mass is 10.1. The molecule has 0 radical (unpaired) electrons. The molecule has 3 N–H and O–H groups in total. The van der Waals surface area contributed by atoms with Gasteiger partial charge in [-0.05, 0) is 20.3 Å². The lowest BCUT2D eigenvalue weighted by molar-refractivity contribution is 0.0561. The van der Waals surface area contributed by atoms with Crippen molar-refractivity contribution in [2.24, 2.45) is 5.73 Å². The first kappa shape index (κ1) is 12.6. The molecular weight excluding hydrogens is 208 g/mol. The number of nitrogens with zero attached hydrogens (tertiary/aromatic N) is 3. The average molecular weight is 226 g/mol. The molecule has 1 heterocycles. The third-order valence-electron chi connectivity index (χ3n) is 2.09. The van der Waals surface area contributed by atoms with E-state index in [1.54, 1.807) is 18.5 Å². The first-order valence-electron chi connectivity index (χ1n) is 5.29. The van der Waals surface area contributed by atoms with Crippen molar-refractivity contribution in [1.82, 2.24) is 15.0 Å². The van der Waals surface area contributed by atoms with Crippen molar-refractivity contribution in [3.8, 4) is 0 Å². The van der Waals surface area contributed by atoms with Crippen molar-refractivity contribution in [2.75, 3.05) is 0 Å². The first-order chi connectivity index (χ1) is 7.35. The summed E-state index contributed by atoms with van der Waals surface area (Å²) in [5, 5.41) is 17.3. The Hall–Kier alpha value is -1.43. The summed E-state index contributed by atoms with van der Waals surface area (Å²) in [5.74, 6) is -0.578. The molecule has 0 fully saturated rings. The zero-order valence-electron chi connectivity index (χ0n) is 9.90. The van der Waals surface area contributed by atoms with E-state index in [1.165, 1.54) is 0 Å². The van der Waals surface area contributed by atoms with E-state index in [-0.39, 0.29) is 5.69 Å². The molecule has 6 nitrogen and oxygen atoms in total. The van der Waals surface area contributed by atoms with Gasteiger partial charge in [0.25, 0.3) is 5.91 Å². The van der Waals surface area contributed by atoms with Crippen molar-refractivity contribution in [2.45, 2.75) is 45.8 Å². The highest BCUT2D eigenvalue weighted by molar-refractivity contribution is 5.91. The number of rotatable bonds is 5. The minimum Gasteiger partial charge on any atom is -0.389 e. The Balaban J connectivity index is 3.05. The lowest BCUT2D eigenvalue weighted by Gasteiger charge is -2.18. The highest BCUT2D eigenvalue weighted by Gasteiger charge is 2.21. The van der Waals surface area contributed by atoms with Crippen LogP contribution in [-0.4, -0.2) is 31.6 Å². The van der Waals surface area contributed by atoms with E-state index in [4.69, 9.17) is 5.73 Å². The predicted molar refractivity (Wildman–Crippen MR) is 58.8 cm³/mol. The fraction of sp³-hybridized carbons (Fsp3) is 0.700. The van der Waals surface area contributed by atoms with Crippen LogP contribution in [0.2, 0.25) is 0 Å². The Bertz CT molecular complexity index is 379. The Morgan fingerprint density at radius 2 is 2.19 bits per heavy atom. The van der Waals surface area contributed by atoms with Gasteiger partial charge in [0, 0.05) is 0 Å². The molecule has 1 aromatic rings. The van der Waals surface area contributed by atoms with Gasteiger partial charge in [-0.3, -0.25) is 4.79 Å². The standard InChI is InChI=1S/C10H18N4O2/c1-4-5-7-8(9(11)15)12-13-14(7)6-10(2,3)16/h16H,4-6H2,1-3H3,(H2,11,15). The van der Waals surface area contributed by atoms with Crippen LogP contribution in [0.5, 0.6) is 0 Å². The molecule has 1 aromatic heterocycles. The van der Waals surface area contributed by atoms with Gasteiger partial charge in [-0.25, -0.2) is 4.68 Å².